The zero-order valence-corrected chi connectivity index (χ0v) is 21.4. The standard InChI is InChI=1S/C28H43NO4/c1-7-21-22-12-13-29(16-18-8-9-18)23(21)14-19-10-11-24(30)26(25(19)22)33-17-20(32-6)15-28(5,31)27(2,3)4/h7,10-11,18,20,22-23,30-31H,8-9,12-17H2,1-6H3/b21-7+. The van der Waals surface area contributed by atoms with Gasteiger partial charge in [0.2, 0.25) is 0 Å². The van der Waals surface area contributed by atoms with Crippen LogP contribution in [0.3, 0.4) is 0 Å². The molecule has 4 atom stereocenters. The minimum absolute atomic E-state index is 0.195. The molecule has 0 amide bonds. The van der Waals surface area contributed by atoms with Crippen LogP contribution in [0.4, 0.5) is 0 Å². The number of hydrogen-bond donors (Lipinski definition) is 2. The van der Waals surface area contributed by atoms with E-state index in [9.17, 15) is 10.2 Å². The largest absolute Gasteiger partial charge is 0.504 e. The first-order chi connectivity index (χ1) is 15.6. The molecule has 2 N–H and O–H groups in total. The van der Waals surface area contributed by atoms with Crippen molar-refractivity contribution in [1.82, 2.24) is 4.90 Å². The van der Waals surface area contributed by atoms with Crippen molar-refractivity contribution in [3.63, 3.8) is 0 Å². The minimum Gasteiger partial charge on any atom is -0.504 e. The Hall–Kier alpha value is -1.56. The fourth-order valence-electron chi connectivity index (χ4n) is 5.55. The number of benzene rings is 1. The summed E-state index contributed by atoms with van der Waals surface area (Å²) in [5.41, 5.74) is 2.75. The number of ether oxygens (including phenoxy) is 2. The summed E-state index contributed by atoms with van der Waals surface area (Å²) in [7, 11) is 1.66. The van der Waals surface area contributed by atoms with Gasteiger partial charge in [0.25, 0.3) is 0 Å². The van der Waals surface area contributed by atoms with Crippen molar-refractivity contribution in [2.75, 3.05) is 26.8 Å². The highest BCUT2D eigenvalue weighted by molar-refractivity contribution is 5.57. The smallest absolute Gasteiger partial charge is 0.165 e. The van der Waals surface area contributed by atoms with Gasteiger partial charge in [0, 0.05) is 37.6 Å². The van der Waals surface area contributed by atoms with Gasteiger partial charge in [0.15, 0.2) is 11.5 Å². The van der Waals surface area contributed by atoms with Gasteiger partial charge in [0.05, 0.1) is 11.7 Å². The Bertz CT molecular complexity index is 881. The van der Waals surface area contributed by atoms with Gasteiger partial charge in [-0.15, -0.1) is 0 Å². The van der Waals surface area contributed by atoms with E-state index in [4.69, 9.17) is 9.47 Å². The molecule has 5 heteroatoms. The number of phenols is 1. The second-order valence-corrected chi connectivity index (χ2v) is 11.7. The van der Waals surface area contributed by atoms with Gasteiger partial charge in [0.1, 0.15) is 6.61 Å². The highest BCUT2D eigenvalue weighted by Crippen LogP contribution is 2.50. The van der Waals surface area contributed by atoms with Gasteiger partial charge in [-0.2, -0.15) is 0 Å². The maximum atomic E-state index is 11.0. The number of nitrogens with zero attached hydrogens (tertiary/aromatic N) is 1. The van der Waals surface area contributed by atoms with Crippen molar-refractivity contribution in [2.45, 2.75) is 90.4 Å². The van der Waals surface area contributed by atoms with Gasteiger partial charge >= 0.3 is 0 Å². The molecule has 3 aliphatic rings. The predicted octanol–water partition coefficient (Wildman–Crippen LogP) is 5.04. The van der Waals surface area contributed by atoms with E-state index in [0.29, 0.717) is 30.7 Å². The Labute approximate surface area is 199 Å². The summed E-state index contributed by atoms with van der Waals surface area (Å²) < 4.78 is 12.0. The molecule has 184 valence electrons. The van der Waals surface area contributed by atoms with Gasteiger partial charge in [-0.25, -0.2) is 0 Å². The van der Waals surface area contributed by atoms with Crippen molar-refractivity contribution in [2.24, 2.45) is 11.3 Å². The third-order valence-corrected chi connectivity index (χ3v) is 8.47. The second-order valence-electron chi connectivity index (χ2n) is 11.7. The van der Waals surface area contributed by atoms with E-state index in [0.717, 1.165) is 30.9 Å². The zero-order valence-electron chi connectivity index (χ0n) is 21.4. The summed E-state index contributed by atoms with van der Waals surface area (Å²) in [5, 5.41) is 21.8. The number of aromatic hydroxyl groups is 1. The summed E-state index contributed by atoms with van der Waals surface area (Å²) in [6.45, 7) is 12.7. The molecule has 1 saturated carbocycles. The third kappa shape index (κ3) is 4.96. The van der Waals surface area contributed by atoms with Crippen LogP contribution < -0.4 is 4.74 Å². The molecule has 0 spiro atoms. The molecule has 1 aromatic rings. The topological polar surface area (TPSA) is 62.2 Å². The summed E-state index contributed by atoms with van der Waals surface area (Å²) in [6, 6.07) is 4.33. The summed E-state index contributed by atoms with van der Waals surface area (Å²) in [4.78, 5) is 2.69. The van der Waals surface area contributed by atoms with Crippen LogP contribution in [0.25, 0.3) is 0 Å². The number of hydrogen-bond acceptors (Lipinski definition) is 5. The van der Waals surface area contributed by atoms with Gasteiger partial charge in [-0.3, -0.25) is 4.90 Å². The first-order valence-electron chi connectivity index (χ1n) is 12.7. The third-order valence-electron chi connectivity index (χ3n) is 8.47. The van der Waals surface area contributed by atoms with E-state index in [1.54, 1.807) is 13.2 Å². The molecule has 0 radical (unpaired) electrons. The summed E-state index contributed by atoms with van der Waals surface area (Å²) >= 11 is 0. The van der Waals surface area contributed by atoms with Gasteiger partial charge in [-0.1, -0.05) is 32.9 Å². The van der Waals surface area contributed by atoms with Crippen molar-refractivity contribution in [1.29, 1.82) is 0 Å². The van der Waals surface area contributed by atoms with Crippen LogP contribution in [0, 0.1) is 11.3 Å². The lowest BCUT2D eigenvalue weighted by Crippen LogP contribution is -2.48. The van der Waals surface area contributed by atoms with E-state index in [2.05, 4.69) is 24.0 Å². The molecule has 5 nitrogen and oxygen atoms in total. The van der Waals surface area contributed by atoms with Crippen molar-refractivity contribution in [3.8, 4) is 11.5 Å². The van der Waals surface area contributed by atoms with Gasteiger partial charge in [-0.05, 0) is 74.6 Å². The van der Waals surface area contributed by atoms with Crippen LogP contribution in [0.15, 0.2) is 23.8 Å². The average molecular weight is 458 g/mol. The van der Waals surface area contributed by atoms with Crippen LogP contribution >= 0.6 is 0 Å². The lowest BCUT2D eigenvalue weighted by molar-refractivity contribution is -0.0883. The first-order valence-corrected chi connectivity index (χ1v) is 12.7. The minimum atomic E-state index is -0.894. The SMILES string of the molecule is C/C=C1\C2CCN(CC3CC3)C1Cc1ccc(O)c(OCC(CC(C)(O)C(C)(C)C)OC)c12. The highest BCUT2D eigenvalue weighted by Gasteiger charge is 2.42. The lowest BCUT2D eigenvalue weighted by atomic mass is 9.71. The normalized spacial score (nSPS) is 27.2. The molecule has 33 heavy (non-hydrogen) atoms. The molecule has 2 bridgehead atoms. The van der Waals surface area contributed by atoms with E-state index in [1.165, 1.54) is 30.5 Å². The predicted molar refractivity (Wildman–Crippen MR) is 132 cm³/mol. The Balaban J connectivity index is 1.56. The average Bonchev–Trinajstić information content (AvgIpc) is 3.56. The molecule has 1 aliphatic heterocycles. The molecule has 1 saturated heterocycles. The zero-order chi connectivity index (χ0) is 24.0. The second kappa shape index (κ2) is 9.24. The number of methoxy groups -OCH3 is 1. The lowest BCUT2D eigenvalue weighted by Gasteiger charge is -2.47. The maximum Gasteiger partial charge on any atom is 0.165 e. The van der Waals surface area contributed by atoms with E-state index < -0.39 is 5.60 Å². The van der Waals surface area contributed by atoms with Crippen molar-refractivity contribution in [3.05, 3.63) is 34.9 Å². The fourth-order valence-corrected chi connectivity index (χ4v) is 5.55. The van der Waals surface area contributed by atoms with E-state index in [-0.39, 0.29) is 17.3 Å². The van der Waals surface area contributed by atoms with E-state index >= 15 is 0 Å². The van der Waals surface area contributed by atoms with Crippen LogP contribution in [0.5, 0.6) is 11.5 Å². The van der Waals surface area contributed by atoms with Gasteiger partial charge < -0.3 is 19.7 Å². The number of allylic oxidation sites excluding steroid dienone is 1. The quantitative estimate of drug-likeness (QED) is 0.535. The summed E-state index contributed by atoms with van der Waals surface area (Å²) in [5.74, 6) is 1.97. The molecule has 1 heterocycles. The van der Waals surface area contributed by atoms with Crippen LogP contribution in [0.1, 0.15) is 77.3 Å². The van der Waals surface area contributed by atoms with Crippen LogP contribution in [-0.2, 0) is 11.2 Å². The first kappa shape index (κ1) is 24.6. The maximum absolute atomic E-state index is 11.0. The highest BCUT2D eigenvalue weighted by atomic mass is 16.5. The Morgan fingerprint density at radius 3 is 2.52 bits per heavy atom. The monoisotopic (exact) mass is 457 g/mol. The number of rotatable bonds is 8. The molecule has 4 rings (SSSR count). The number of fused-ring (bicyclic) bond motifs is 4. The van der Waals surface area contributed by atoms with E-state index in [1.807, 2.05) is 27.7 Å². The molecule has 4 unspecified atom stereocenters. The fraction of sp³-hybridized carbons (Fsp3) is 0.714. The molecular weight excluding hydrogens is 414 g/mol. The Morgan fingerprint density at radius 2 is 1.91 bits per heavy atom. The number of phenolic OH excluding ortho intramolecular Hbond substituents is 1. The number of aliphatic hydroxyl groups is 1. The molecular formula is C28H43NO4. The van der Waals surface area contributed by atoms with Crippen LogP contribution in [-0.4, -0.2) is 59.7 Å². The molecule has 0 aromatic heterocycles. The Morgan fingerprint density at radius 1 is 1.18 bits per heavy atom. The number of likely N-dealkylation sites (tertiary alicyclic amines) is 1. The Kier molecular flexibility index (Phi) is 6.88. The molecule has 2 fully saturated rings. The van der Waals surface area contributed by atoms with Crippen LogP contribution in [0.2, 0.25) is 0 Å². The molecule has 2 aliphatic carbocycles. The molecule has 1 aromatic carbocycles. The van der Waals surface area contributed by atoms with Crippen molar-refractivity contribution < 1.29 is 19.7 Å². The van der Waals surface area contributed by atoms with Crippen molar-refractivity contribution >= 4 is 0 Å². The number of piperidine rings is 1. The summed E-state index contributed by atoms with van der Waals surface area (Å²) in [6.07, 6.45) is 7.27.